The molecule has 4 rings (SSSR count). The molecule has 0 aliphatic carbocycles. The Bertz CT molecular complexity index is 920. The van der Waals surface area contributed by atoms with E-state index in [1.807, 2.05) is 78.9 Å². The largest absolute Gasteiger partial charge is 0.455 e. The SMILES string of the molecule is O=C(Nc1ccc(N2CCCC2)cc1)Nc1ccccc1Oc1ccccc1. The number of carbonyl (C=O) groups excluding carboxylic acids is 1. The third-order valence-corrected chi connectivity index (χ3v) is 4.70. The molecule has 1 fully saturated rings. The monoisotopic (exact) mass is 373 g/mol. The van der Waals surface area contributed by atoms with Gasteiger partial charge in [0.05, 0.1) is 5.69 Å². The van der Waals surface area contributed by atoms with Gasteiger partial charge in [-0.25, -0.2) is 4.79 Å². The van der Waals surface area contributed by atoms with E-state index in [0.717, 1.165) is 24.5 Å². The van der Waals surface area contributed by atoms with Gasteiger partial charge in [-0.2, -0.15) is 0 Å². The van der Waals surface area contributed by atoms with E-state index in [-0.39, 0.29) is 6.03 Å². The second-order valence-electron chi connectivity index (χ2n) is 6.73. The predicted octanol–water partition coefficient (Wildman–Crippen LogP) is 5.72. The molecule has 1 saturated heterocycles. The molecule has 0 atom stereocenters. The molecule has 28 heavy (non-hydrogen) atoms. The molecule has 0 spiro atoms. The highest BCUT2D eigenvalue weighted by atomic mass is 16.5. The molecule has 142 valence electrons. The molecule has 1 aliphatic heterocycles. The van der Waals surface area contributed by atoms with E-state index in [1.54, 1.807) is 0 Å². The molecule has 1 heterocycles. The van der Waals surface area contributed by atoms with E-state index in [0.29, 0.717) is 11.4 Å². The first kappa shape index (κ1) is 17.9. The van der Waals surface area contributed by atoms with E-state index in [9.17, 15) is 4.79 Å². The van der Waals surface area contributed by atoms with Crippen molar-refractivity contribution in [2.75, 3.05) is 28.6 Å². The van der Waals surface area contributed by atoms with Crippen LogP contribution < -0.4 is 20.3 Å². The lowest BCUT2D eigenvalue weighted by molar-refractivity contribution is 0.262. The van der Waals surface area contributed by atoms with Gasteiger partial charge in [-0.05, 0) is 61.4 Å². The van der Waals surface area contributed by atoms with Gasteiger partial charge >= 0.3 is 6.03 Å². The maximum Gasteiger partial charge on any atom is 0.323 e. The highest BCUT2D eigenvalue weighted by Crippen LogP contribution is 2.29. The van der Waals surface area contributed by atoms with E-state index < -0.39 is 0 Å². The summed E-state index contributed by atoms with van der Waals surface area (Å²) in [6.07, 6.45) is 2.49. The second kappa shape index (κ2) is 8.48. The van der Waals surface area contributed by atoms with Crippen LogP contribution in [-0.2, 0) is 0 Å². The minimum Gasteiger partial charge on any atom is -0.455 e. The van der Waals surface area contributed by atoms with Gasteiger partial charge in [0.25, 0.3) is 0 Å². The molecule has 3 aromatic carbocycles. The fraction of sp³-hybridized carbons (Fsp3) is 0.174. The lowest BCUT2D eigenvalue weighted by Gasteiger charge is -2.18. The maximum atomic E-state index is 12.4. The van der Waals surface area contributed by atoms with Gasteiger partial charge in [0, 0.05) is 24.5 Å². The molecule has 0 aromatic heterocycles. The molecule has 2 N–H and O–H groups in total. The van der Waals surface area contributed by atoms with Crippen molar-refractivity contribution in [3.63, 3.8) is 0 Å². The number of hydrogen-bond donors (Lipinski definition) is 2. The zero-order valence-electron chi connectivity index (χ0n) is 15.6. The first-order chi connectivity index (χ1) is 13.8. The summed E-state index contributed by atoms with van der Waals surface area (Å²) in [4.78, 5) is 14.8. The topological polar surface area (TPSA) is 53.6 Å². The fourth-order valence-corrected chi connectivity index (χ4v) is 3.29. The van der Waals surface area contributed by atoms with Crippen molar-refractivity contribution < 1.29 is 9.53 Å². The zero-order chi connectivity index (χ0) is 19.2. The van der Waals surface area contributed by atoms with Crippen LogP contribution in [0.15, 0.2) is 78.9 Å². The number of rotatable bonds is 5. The van der Waals surface area contributed by atoms with Gasteiger partial charge in [0.15, 0.2) is 5.75 Å². The van der Waals surface area contributed by atoms with Crippen molar-refractivity contribution in [2.24, 2.45) is 0 Å². The van der Waals surface area contributed by atoms with E-state index in [4.69, 9.17) is 4.74 Å². The predicted molar refractivity (Wildman–Crippen MR) is 113 cm³/mol. The van der Waals surface area contributed by atoms with Crippen LogP contribution in [0.3, 0.4) is 0 Å². The Hall–Kier alpha value is -3.47. The van der Waals surface area contributed by atoms with Gasteiger partial charge in [-0.3, -0.25) is 0 Å². The molecule has 2 amide bonds. The third-order valence-electron chi connectivity index (χ3n) is 4.70. The summed E-state index contributed by atoms with van der Waals surface area (Å²) in [6, 6.07) is 24.5. The Morgan fingerprint density at radius 2 is 1.46 bits per heavy atom. The van der Waals surface area contributed by atoms with Crippen molar-refractivity contribution in [1.82, 2.24) is 0 Å². The number of benzene rings is 3. The number of anilines is 3. The Morgan fingerprint density at radius 1 is 0.786 bits per heavy atom. The van der Waals surface area contributed by atoms with Gasteiger partial charge < -0.3 is 20.3 Å². The smallest absolute Gasteiger partial charge is 0.323 e. The first-order valence-electron chi connectivity index (χ1n) is 9.53. The summed E-state index contributed by atoms with van der Waals surface area (Å²) in [7, 11) is 0. The molecule has 5 nitrogen and oxygen atoms in total. The van der Waals surface area contributed by atoms with Crippen LogP contribution >= 0.6 is 0 Å². The van der Waals surface area contributed by atoms with Crippen molar-refractivity contribution in [3.8, 4) is 11.5 Å². The second-order valence-corrected chi connectivity index (χ2v) is 6.73. The first-order valence-corrected chi connectivity index (χ1v) is 9.53. The molecule has 0 unspecified atom stereocenters. The molecule has 0 saturated carbocycles. The van der Waals surface area contributed by atoms with Crippen molar-refractivity contribution >= 4 is 23.1 Å². The minimum atomic E-state index is -0.307. The summed E-state index contributed by atoms with van der Waals surface area (Å²) < 4.78 is 5.89. The van der Waals surface area contributed by atoms with Crippen molar-refractivity contribution in [2.45, 2.75) is 12.8 Å². The summed E-state index contributed by atoms with van der Waals surface area (Å²) >= 11 is 0. The average molecular weight is 373 g/mol. The summed E-state index contributed by atoms with van der Waals surface area (Å²) in [5.74, 6) is 1.31. The summed E-state index contributed by atoms with van der Waals surface area (Å²) in [5.41, 5.74) is 2.56. The molecule has 3 aromatic rings. The molecule has 0 radical (unpaired) electrons. The van der Waals surface area contributed by atoms with Crippen LogP contribution in [0.2, 0.25) is 0 Å². The molecular weight excluding hydrogens is 350 g/mol. The number of ether oxygens (including phenoxy) is 1. The zero-order valence-corrected chi connectivity index (χ0v) is 15.6. The number of urea groups is 1. The molecular formula is C23H23N3O2. The molecule has 1 aliphatic rings. The Kier molecular flexibility index (Phi) is 5.43. The molecule has 5 heteroatoms. The number of para-hydroxylation sites is 3. The van der Waals surface area contributed by atoms with Crippen molar-refractivity contribution in [3.05, 3.63) is 78.9 Å². The normalized spacial score (nSPS) is 13.2. The van der Waals surface area contributed by atoms with Gasteiger partial charge in [0.1, 0.15) is 5.75 Å². The quantitative estimate of drug-likeness (QED) is 0.601. The van der Waals surface area contributed by atoms with Crippen LogP contribution in [0, 0.1) is 0 Å². The average Bonchev–Trinajstić information content (AvgIpc) is 3.26. The Morgan fingerprint density at radius 3 is 2.21 bits per heavy atom. The lowest BCUT2D eigenvalue weighted by atomic mass is 10.2. The standard InChI is InChI=1S/C23H23N3O2/c27-23(24-18-12-14-19(15-13-18)26-16-6-7-17-26)25-21-10-4-5-11-22(21)28-20-8-2-1-3-9-20/h1-5,8-15H,6-7,16-17H2,(H2,24,25,27). The van der Waals surface area contributed by atoms with Crippen molar-refractivity contribution in [1.29, 1.82) is 0 Å². The summed E-state index contributed by atoms with van der Waals surface area (Å²) in [6.45, 7) is 2.21. The van der Waals surface area contributed by atoms with E-state index in [1.165, 1.54) is 18.5 Å². The van der Waals surface area contributed by atoms with Gasteiger partial charge in [-0.15, -0.1) is 0 Å². The fourth-order valence-electron chi connectivity index (χ4n) is 3.29. The van der Waals surface area contributed by atoms with E-state index in [2.05, 4.69) is 15.5 Å². The number of nitrogens with zero attached hydrogens (tertiary/aromatic N) is 1. The van der Waals surface area contributed by atoms with Crippen LogP contribution in [-0.4, -0.2) is 19.1 Å². The Labute approximate surface area is 164 Å². The van der Waals surface area contributed by atoms with Gasteiger partial charge in [0.2, 0.25) is 0 Å². The van der Waals surface area contributed by atoms with Crippen LogP contribution in [0.1, 0.15) is 12.8 Å². The minimum absolute atomic E-state index is 0.307. The Balaban J connectivity index is 1.40. The summed E-state index contributed by atoms with van der Waals surface area (Å²) in [5, 5.41) is 5.74. The number of nitrogens with one attached hydrogen (secondary N) is 2. The number of amides is 2. The van der Waals surface area contributed by atoms with Gasteiger partial charge in [-0.1, -0.05) is 30.3 Å². The lowest BCUT2D eigenvalue weighted by Crippen LogP contribution is -2.20. The highest BCUT2D eigenvalue weighted by Gasteiger charge is 2.12. The van der Waals surface area contributed by atoms with Crippen LogP contribution in [0.25, 0.3) is 0 Å². The highest BCUT2D eigenvalue weighted by molar-refractivity contribution is 6.00. The number of carbonyl (C=O) groups is 1. The molecule has 0 bridgehead atoms. The van der Waals surface area contributed by atoms with Crippen LogP contribution in [0.4, 0.5) is 21.9 Å². The van der Waals surface area contributed by atoms with E-state index >= 15 is 0 Å². The maximum absolute atomic E-state index is 12.4. The number of hydrogen-bond acceptors (Lipinski definition) is 3. The third kappa shape index (κ3) is 4.43. The van der Waals surface area contributed by atoms with Crippen LogP contribution in [0.5, 0.6) is 11.5 Å².